The van der Waals surface area contributed by atoms with Gasteiger partial charge in [0.1, 0.15) is 0 Å². The van der Waals surface area contributed by atoms with Crippen LogP contribution in [0.5, 0.6) is 0 Å². The van der Waals surface area contributed by atoms with E-state index in [4.69, 9.17) is 0 Å². The average molecular weight is 305 g/mol. The molecule has 5 nitrogen and oxygen atoms in total. The Labute approximate surface area is 133 Å². The van der Waals surface area contributed by atoms with Crippen LogP contribution in [0.3, 0.4) is 0 Å². The van der Waals surface area contributed by atoms with Gasteiger partial charge in [0, 0.05) is 25.3 Å². The van der Waals surface area contributed by atoms with Crippen molar-refractivity contribution in [2.24, 2.45) is 0 Å². The summed E-state index contributed by atoms with van der Waals surface area (Å²) in [6.45, 7) is 8.37. The minimum atomic E-state index is 0.00328. The van der Waals surface area contributed by atoms with Crippen molar-refractivity contribution in [3.63, 3.8) is 0 Å². The molecule has 5 heteroatoms. The van der Waals surface area contributed by atoms with E-state index >= 15 is 0 Å². The van der Waals surface area contributed by atoms with Gasteiger partial charge in [-0.25, -0.2) is 0 Å². The number of anilines is 1. The molecular formula is C17H27N3O2. The molecule has 2 amide bonds. The maximum Gasteiger partial charge on any atom is 0.241 e. The molecule has 122 valence electrons. The number of carbonyl (C=O) groups is 2. The van der Waals surface area contributed by atoms with Crippen LogP contribution in [0.4, 0.5) is 5.69 Å². The van der Waals surface area contributed by atoms with Crippen molar-refractivity contribution in [3.8, 4) is 0 Å². The Morgan fingerprint density at radius 3 is 1.91 bits per heavy atom. The summed E-state index contributed by atoms with van der Waals surface area (Å²) in [5, 5.41) is 0. The van der Waals surface area contributed by atoms with Crippen LogP contribution in [0.25, 0.3) is 0 Å². The zero-order chi connectivity index (χ0) is 16.5. The maximum atomic E-state index is 12.4. The molecule has 0 heterocycles. The smallest absolute Gasteiger partial charge is 0.241 e. The first-order valence-corrected chi connectivity index (χ1v) is 7.85. The van der Waals surface area contributed by atoms with Gasteiger partial charge in [-0.15, -0.1) is 0 Å². The molecule has 0 atom stereocenters. The van der Waals surface area contributed by atoms with Crippen molar-refractivity contribution in [3.05, 3.63) is 30.3 Å². The molecule has 0 spiro atoms. The molecule has 0 saturated heterocycles. The van der Waals surface area contributed by atoms with Gasteiger partial charge in [-0.05, 0) is 40.0 Å². The van der Waals surface area contributed by atoms with Crippen molar-refractivity contribution in [1.29, 1.82) is 0 Å². The van der Waals surface area contributed by atoms with E-state index < -0.39 is 0 Å². The highest BCUT2D eigenvalue weighted by molar-refractivity contribution is 5.95. The number of likely N-dealkylation sites (N-methyl/N-ethyl adjacent to an activating group) is 3. The highest BCUT2D eigenvalue weighted by Crippen LogP contribution is 2.13. The zero-order valence-electron chi connectivity index (χ0n) is 14.1. The normalized spacial score (nSPS) is 10.6. The Balaban J connectivity index is 2.61. The van der Waals surface area contributed by atoms with E-state index in [-0.39, 0.29) is 24.9 Å². The van der Waals surface area contributed by atoms with Crippen LogP contribution in [0.1, 0.15) is 20.8 Å². The summed E-state index contributed by atoms with van der Waals surface area (Å²) in [5.74, 6) is 0.0617. The third-order valence-corrected chi connectivity index (χ3v) is 3.61. The summed E-state index contributed by atoms with van der Waals surface area (Å²) < 4.78 is 0. The fourth-order valence-corrected chi connectivity index (χ4v) is 2.39. The van der Waals surface area contributed by atoms with Crippen molar-refractivity contribution >= 4 is 17.5 Å². The molecule has 0 fully saturated rings. The summed E-state index contributed by atoms with van der Waals surface area (Å²) in [6, 6.07) is 9.60. The lowest BCUT2D eigenvalue weighted by Gasteiger charge is -2.26. The SMILES string of the molecule is CCN(CC)C(=O)CN(C)CC(=O)N(CC)c1ccccc1. The lowest BCUT2D eigenvalue weighted by molar-refractivity contribution is -0.132. The molecule has 0 radical (unpaired) electrons. The topological polar surface area (TPSA) is 43.9 Å². The van der Waals surface area contributed by atoms with Gasteiger partial charge in [0.15, 0.2) is 0 Å². The number of amides is 2. The molecule has 1 aromatic rings. The molecule has 1 rings (SSSR count). The summed E-state index contributed by atoms with van der Waals surface area (Å²) in [5.41, 5.74) is 0.887. The maximum absolute atomic E-state index is 12.4. The average Bonchev–Trinajstić information content (AvgIpc) is 2.50. The van der Waals surface area contributed by atoms with Crippen molar-refractivity contribution < 1.29 is 9.59 Å². The number of carbonyl (C=O) groups excluding carboxylic acids is 2. The highest BCUT2D eigenvalue weighted by Gasteiger charge is 2.18. The zero-order valence-corrected chi connectivity index (χ0v) is 14.1. The van der Waals surface area contributed by atoms with Crippen LogP contribution < -0.4 is 4.90 Å². The van der Waals surface area contributed by atoms with E-state index in [2.05, 4.69) is 0 Å². The van der Waals surface area contributed by atoms with Crippen LogP contribution in [-0.4, -0.2) is 61.4 Å². The van der Waals surface area contributed by atoms with Crippen LogP contribution in [0.2, 0.25) is 0 Å². The quantitative estimate of drug-likeness (QED) is 0.736. The van der Waals surface area contributed by atoms with E-state index in [0.717, 1.165) is 5.69 Å². The van der Waals surface area contributed by atoms with Gasteiger partial charge in [0.05, 0.1) is 13.1 Å². The predicted molar refractivity (Wildman–Crippen MR) is 89.9 cm³/mol. The van der Waals surface area contributed by atoms with Crippen molar-refractivity contribution in [2.75, 3.05) is 44.7 Å². The third kappa shape index (κ3) is 5.15. The van der Waals surface area contributed by atoms with Gasteiger partial charge in [0.25, 0.3) is 0 Å². The fraction of sp³-hybridized carbons (Fsp3) is 0.529. The van der Waals surface area contributed by atoms with Crippen LogP contribution in [0.15, 0.2) is 30.3 Å². The molecule has 0 aliphatic carbocycles. The van der Waals surface area contributed by atoms with Gasteiger partial charge in [-0.2, -0.15) is 0 Å². The number of nitrogens with zero attached hydrogens (tertiary/aromatic N) is 3. The van der Waals surface area contributed by atoms with Gasteiger partial charge >= 0.3 is 0 Å². The van der Waals surface area contributed by atoms with E-state index in [1.165, 1.54) is 0 Å². The van der Waals surface area contributed by atoms with E-state index in [9.17, 15) is 9.59 Å². The summed E-state index contributed by atoms with van der Waals surface area (Å²) >= 11 is 0. The van der Waals surface area contributed by atoms with Gasteiger partial charge in [-0.1, -0.05) is 18.2 Å². The lowest BCUT2D eigenvalue weighted by Crippen LogP contribution is -2.44. The summed E-state index contributed by atoms with van der Waals surface area (Å²) in [7, 11) is 1.80. The number of benzene rings is 1. The largest absolute Gasteiger partial charge is 0.342 e. The van der Waals surface area contributed by atoms with Gasteiger partial charge < -0.3 is 9.80 Å². The second-order valence-electron chi connectivity index (χ2n) is 5.21. The first-order valence-electron chi connectivity index (χ1n) is 7.85. The standard InChI is InChI=1S/C17H27N3O2/c1-5-19(6-2)16(21)13-18(4)14-17(22)20(7-3)15-11-9-8-10-12-15/h8-12H,5-7,13-14H2,1-4H3. The van der Waals surface area contributed by atoms with Crippen LogP contribution in [0, 0.1) is 0 Å². The second kappa shape index (κ2) is 9.20. The molecule has 0 aliphatic rings. The van der Waals surface area contributed by atoms with E-state index in [1.54, 1.807) is 21.7 Å². The third-order valence-electron chi connectivity index (χ3n) is 3.61. The van der Waals surface area contributed by atoms with E-state index in [0.29, 0.717) is 19.6 Å². The lowest BCUT2D eigenvalue weighted by atomic mass is 10.2. The molecule has 0 bridgehead atoms. The Bertz CT molecular complexity index is 472. The molecular weight excluding hydrogens is 278 g/mol. The predicted octanol–water partition coefficient (Wildman–Crippen LogP) is 1.84. The Morgan fingerprint density at radius 2 is 1.41 bits per heavy atom. The Kier molecular flexibility index (Phi) is 7.60. The van der Waals surface area contributed by atoms with Crippen molar-refractivity contribution in [1.82, 2.24) is 9.80 Å². The minimum Gasteiger partial charge on any atom is -0.342 e. The number of hydrogen-bond acceptors (Lipinski definition) is 3. The van der Waals surface area contributed by atoms with Gasteiger partial charge in [-0.3, -0.25) is 14.5 Å². The fourth-order valence-electron chi connectivity index (χ4n) is 2.39. The summed E-state index contributed by atoms with van der Waals surface area (Å²) in [4.78, 5) is 29.8. The van der Waals surface area contributed by atoms with E-state index in [1.807, 2.05) is 51.1 Å². The molecule has 0 aromatic heterocycles. The molecule has 1 aromatic carbocycles. The number of para-hydroxylation sites is 1. The number of hydrogen-bond donors (Lipinski definition) is 0. The number of rotatable bonds is 8. The van der Waals surface area contributed by atoms with Gasteiger partial charge in [0.2, 0.25) is 11.8 Å². The Morgan fingerprint density at radius 1 is 0.864 bits per heavy atom. The summed E-state index contributed by atoms with van der Waals surface area (Å²) in [6.07, 6.45) is 0. The minimum absolute atomic E-state index is 0.00328. The monoisotopic (exact) mass is 305 g/mol. The molecule has 0 N–H and O–H groups in total. The molecule has 0 saturated carbocycles. The van der Waals surface area contributed by atoms with Crippen LogP contribution in [-0.2, 0) is 9.59 Å². The van der Waals surface area contributed by atoms with Crippen molar-refractivity contribution in [2.45, 2.75) is 20.8 Å². The molecule has 0 unspecified atom stereocenters. The molecule has 0 aliphatic heterocycles. The highest BCUT2D eigenvalue weighted by atomic mass is 16.2. The van der Waals surface area contributed by atoms with Crippen LogP contribution >= 0.6 is 0 Å². The first kappa shape index (κ1) is 18.2. The second-order valence-corrected chi connectivity index (χ2v) is 5.21. The first-order chi connectivity index (χ1) is 10.5. The Hall–Kier alpha value is -1.88. The molecule has 22 heavy (non-hydrogen) atoms.